The summed E-state index contributed by atoms with van der Waals surface area (Å²) in [6.45, 7) is 5.42. The van der Waals surface area contributed by atoms with Gasteiger partial charge in [0.05, 0.1) is 16.4 Å². The highest BCUT2D eigenvalue weighted by Gasteiger charge is 2.10. The third-order valence-electron chi connectivity index (χ3n) is 1.83. The molecule has 1 rings (SSSR count). The van der Waals surface area contributed by atoms with Gasteiger partial charge in [-0.3, -0.25) is 4.68 Å². The Hall–Kier alpha value is -0.540. The van der Waals surface area contributed by atoms with Gasteiger partial charge >= 0.3 is 0 Å². The predicted octanol–water partition coefficient (Wildman–Crippen LogP) is 1.37. The second kappa shape index (κ2) is 3.92. The number of nitrogens with zero attached hydrogens (tertiary/aromatic N) is 2. The second-order valence-electron chi connectivity index (χ2n) is 2.70. The molecule has 2 N–H and O–H groups in total. The van der Waals surface area contributed by atoms with Gasteiger partial charge in [0.1, 0.15) is 0 Å². The van der Waals surface area contributed by atoms with E-state index in [9.17, 15) is 0 Å². The van der Waals surface area contributed by atoms with Crippen molar-refractivity contribution in [3.63, 3.8) is 0 Å². The van der Waals surface area contributed by atoms with Gasteiger partial charge in [-0.25, -0.2) is 0 Å². The Balaban J connectivity index is 3.03. The Labute approximate surface area is 77.5 Å². The smallest absolute Gasteiger partial charge is 0.0847 e. The van der Waals surface area contributed by atoms with Gasteiger partial charge < -0.3 is 5.73 Å². The molecule has 0 fully saturated rings. The Morgan fingerprint density at radius 3 is 2.75 bits per heavy atom. The summed E-state index contributed by atoms with van der Waals surface area (Å²) in [6.07, 6.45) is 0.799. The molecule has 0 saturated heterocycles. The van der Waals surface area contributed by atoms with Crippen LogP contribution in [0.1, 0.15) is 18.3 Å². The first-order valence-electron chi connectivity index (χ1n) is 4.12. The fraction of sp³-hybridized carbons (Fsp3) is 0.625. The number of halogens is 1. The van der Waals surface area contributed by atoms with Crippen LogP contribution >= 0.6 is 11.6 Å². The average molecular weight is 188 g/mol. The van der Waals surface area contributed by atoms with Gasteiger partial charge in [-0.1, -0.05) is 11.6 Å². The molecule has 1 aromatic rings. The lowest BCUT2D eigenvalue weighted by atomic mass is 10.3. The van der Waals surface area contributed by atoms with Crippen molar-refractivity contribution in [2.24, 2.45) is 5.73 Å². The van der Waals surface area contributed by atoms with E-state index in [1.165, 1.54) is 0 Å². The molecular formula is C8H14ClN3. The maximum atomic E-state index is 6.03. The van der Waals surface area contributed by atoms with Crippen LogP contribution in [0.15, 0.2) is 0 Å². The Morgan fingerprint density at radius 1 is 1.58 bits per heavy atom. The van der Waals surface area contributed by atoms with Crippen LogP contribution in [0, 0.1) is 6.92 Å². The van der Waals surface area contributed by atoms with Crippen LogP contribution in [0.2, 0.25) is 5.02 Å². The van der Waals surface area contributed by atoms with Crippen LogP contribution in [0.4, 0.5) is 0 Å². The van der Waals surface area contributed by atoms with Gasteiger partial charge in [-0.15, -0.1) is 0 Å². The summed E-state index contributed by atoms with van der Waals surface area (Å²) in [5.41, 5.74) is 7.41. The highest BCUT2D eigenvalue weighted by Crippen LogP contribution is 2.20. The summed E-state index contributed by atoms with van der Waals surface area (Å²) in [7, 11) is 0. The summed E-state index contributed by atoms with van der Waals surface area (Å²) in [4.78, 5) is 0. The molecule has 0 saturated carbocycles. The summed E-state index contributed by atoms with van der Waals surface area (Å²) in [5.74, 6) is 0. The van der Waals surface area contributed by atoms with E-state index in [4.69, 9.17) is 17.3 Å². The minimum atomic E-state index is 0.616. The number of hydrogen-bond acceptors (Lipinski definition) is 2. The lowest BCUT2D eigenvalue weighted by molar-refractivity contribution is 0.616. The maximum Gasteiger partial charge on any atom is 0.0847 e. The van der Waals surface area contributed by atoms with Gasteiger partial charge in [0, 0.05) is 13.0 Å². The van der Waals surface area contributed by atoms with E-state index >= 15 is 0 Å². The average Bonchev–Trinajstić information content (AvgIpc) is 2.33. The quantitative estimate of drug-likeness (QED) is 0.777. The fourth-order valence-electron chi connectivity index (χ4n) is 1.24. The standard InChI is InChI=1S/C8H14ClN3/c1-3-12-7(4-5-10)8(9)6(2)11-12/h3-5,10H2,1-2H3. The third-order valence-corrected chi connectivity index (χ3v) is 2.33. The van der Waals surface area contributed by atoms with Crippen LogP contribution in [0.25, 0.3) is 0 Å². The minimum Gasteiger partial charge on any atom is -0.330 e. The molecule has 0 aliphatic rings. The zero-order chi connectivity index (χ0) is 9.14. The van der Waals surface area contributed by atoms with Crippen molar-refractivity contribution in [1.29, 1.82) is 0 Å². The molecule has 0 aliphatic carbocycles. The number of hydrogen-bond donors (Lipinski definition) is 1. The number of aryl methyl sites for hydroxylation is 2. The van der Waals surface area contributed by atoms with E-state index in [1.54, 1.807) is 0 Å². The largest absolute Gasteiger partial charge is 0.330 e. The third kappa shape index (κ3) is 1.62. The first-order valence-corrected chi connectivity index (χ1v) is 4.50. The Morgan fingerprint density at radius 2 is 2.25 bits per heavy atom. The molecule has 3 nitrogen and oxygen atoms in total. The molecule has 1 heterocycles. The van der Waals surface area contributed by atoms with E-state index in [0.717, 1.165) is 29.4 Å². The molecule has 0 unspecified atom stereocenters. The van der Waals surface area contributed by atoms with Crippen molar-refractivity contribution < 1.29 is 0 Å². The van der Waals surface area contributed by atoms with Crippen LogP contribution in [0.3, 0.4) is 0 Å². The van der Waals surface area contributed by atoms with Gasteiger partial charge in [0.25, 0.3) is 0 Å². The first-order chi connectivity index (χ1) is 5.70. The summed E-state index contributed by atoms with van der Waals surface area (Å²) in [5, 5.41) is 5.04. The van der Waals surface area contributed by atoms with Crippen LogP contribution < -0.4 is 5.73 Å². The monoisotopic (exact) mass is 187 g/mol. The topological polar surface area (TPSA) is 43.8 Å². The van der Waals surface area contributed by atoms with E-state index in [0.29, 0.717) is 6.54 Å². The summed E-state index contributed by atoms with van der Waals surface area (Å²) in [6, 6.07) is 0. The second-order valence-corrected chi connectivity index (χ2v) is 3.08. The van der Waals surface area contributed by atoms with Crippen molar-refractivity contribution in [1.82, 2.24) is 9.78 Å². The van der Waals surface area contributed by atoms with Crippen molar-refractivity contribution in [2.75, 3.05) is 6.54 Å². The molecule has 1 aromatic heterocycles. The number of nitrogens with two attached hydrogens (primary N) is 1. The van der Waals surface area contributed by atoms with Gasteiger partial charge in [-0.05, 0) is 20.4 Å². The molecule has 68 valence electrons. The number of aromatic nitrogens is 2. The molecule has 4 heteroatoms. The first kappa shape index (κ1) is 9.55. The minimum absolute atomic E-state index is 0.616. The van der Waals surface area contributed by atoms with Crippen LogP contribution in [-0.4, -0.2) is 16.3 Å². The summed E-state index contributed by atoms with van der Waals surface area (Å²) >= 11 is 6.03. The zero-order valence-corrected chi connectivity index (χ0v) is 8.23. The molecule has 0 aromatic carbocycles. The molecule has 0 spiro atoms. The maximum absolute atomic E-state index is 6.03. The molecule has 0 atom stereocenters. The fourth-order valence-corrected chi connectivity index (χ4v) is 1.47. The van der Waals surface area contributed by atoms with Gasteiger partial charge in [0.2, 0.25) is 0 Å². The SMILES string of the molecule is CCn1nc(C)c(Cl)c1CCN. The highest BCUT2D eigenvalue weighted by atomic mass is 35.5. The molecule has 12 heavy (non-hydrogen) atoms. The van der Waals surface area contributed by atoms with Gasteiger partial charge in [0.15, 0.2) is 0 Å². The predicted molar refractivity (Wildman–Crippen MR) is 50.4 cm³/mol. The van der Waals surface area contributed by atoms with Crippen LogP contribution in [0.5, 0.6) is 0 Å². The molecule has 0 amide bonds. The van der Waals surface area contributed by atoms with Gasteiger partial charge in [-0.2, -0.15) is 5.10 Å². The van der Waals surface area contributed by atoms with Crippen molar-refractivity contribution in [3.05, 3.63) is 16.4 Å². The van der Waals surface area contributed by atoms with Crippen LogP contribution in [-0.2, 0) is 13.0 Å². The van der Waals surface area contributed by atoms with E-state index in [2.05, 4.69) is 5.10 Å². The Kier molecular flexibility index (Phi) is 3.12. The van der Waals surface area contributed by atoms with Crippen molar-refractivity contribution in [2.45, 2.75) is 26.8 Å². The molecule has 0 radical (unpaired) electrons. The number of rotatable bonds is 3. The van der Waals surface area contributed by atoms with E-state index in [-0.39, 0.29) is 0 Å². The molecular weight excluding hydrogens is 174 g/mol. The normalized spacial score (nSPS) is 10.7. The summed E-state index contributed by atoms with van der Waals surface area (Å²) < 4.78 is 1.91. The van der Waals surface area contributed by atoms with E-state index in [1.807, 2.05) is 18.5 Å². The Bertz CT molecular complexity index is 268. The highest BCUT2D eigenvalue weighted by molar-refractivity contribution is 6.31. The lowest BCUT2D eigenvalue weighted by Crippen LogP contribution is -2.09. The van der Waals surface area contributed by atoms with Crippen molar-refractivity contribution >= 4 is 11.6 Å². The zero-order valence-electron chi connectivity index (χ0n) is 7.47. The molecule has 0 aliphatic heterocycles. The molecule has 0 bridgehead atoms. The van der Waals surface area contributed by atoms with E-state index < -0.39 is 0 Å². The van der Waals surface area contributed by atoms with Crippen molar-refractivity contribution in [3.8, 4) is 0 Å². The lowest BCUT2D eigenvalue weighted by Gasteiger charge is -2.02.